The molecule has 1 rings (SSSR count). The minimum atomic E-state index is 0.115. The summed E-state index contributed by atoms with van der Waals surface area (Å²) >= 11 is 0. The van der Waals surface area contributed by atoms with Crippen molar-refractivity contribution in [2.75, 3.05) is 33.4 Å². The normalized spacial score (nSPS) is 16.9. The minimum absolute atomic E-state index is 0.115. The number of hydrogen-bond acceptors (Lipinski definition) is 3. The molecule has 0 aromatic rings. The van der Waals surface area contributed by atoms with Crippen molar-refractivity contribution in [1.29, 1.82) is 0 Å². The third kappa shape index (κ3) is 4.94. The summed E-state index contributed by atoms with van der Waals surface area (Å²) in [6.45, 7) is 7.75. The Hall–Kier alpha value is -0.610. The van der Waals surface area contributed by atoms with Crippen LogP contribution < -0.4 is 10.6 Å². The quantitative estimate of drug-likeness (QED) is 0.677. The Kier molecular flexibility index (Phi) is 5.22. The summed E-state index contributed by atoms with van der Waals surface area (Å²) < 4.78 is 5.05. The van der Waals surface area contributed by atoms with Gasteiger partial charge in [0.1, 0.15) is 0 Å². The van der Waals surface area contributed by atoms with Crippen LogP contribution in [0.1, 0.15) is 26.7 Å². The molecule has 0 aromatic carbocycles. The van der Waals surface area contributed by atoms with Gasteiger partial charge < -0.3 is 15.4 Å². The van der Waals surface area contributed by atoms with Crippen LogP contribution in [0.5, 0.6) is 0 Å². The predicted molar refractivity (Wildman–Crippen MR) is 64.3 cm³/mol. The van der Waals surface area contributed by atoms with Crippen molar-refractivity contribution in [3.8, 4) is 0 Å². The summed E-state index contributed by atoms with van der Waals surface area (Å²) in [4.78, 5) is 11.6. The molecule has 1 saturated heterocycles. The second-order valence-corrected chi connectivity index (χ2v) is 5.41. The SMILES string of the molecule is COCCC(C)(C)CNC(=O)CC1CNC1. The summed E-state index contributed by atoms with van der Waals surface area (Å²) in [5.74, 6) is 0.721. The van der Waals surface area contributed by atoms with E-state index in [0.29, 0.717) is 12.3 Å². The lowest BCUT2D eigenvalue weighted by Gasteiger charge is -2.28. The molecular weight excluding hydrogens is 204 g/mol. The van der Waals surface area contributed by atoms with E-state index in [1.807, 2.05) is 0 Å². The molecule has 0 saturated carbocycles. The number of ether oxygens (including phenoxy) is 1. The lowest BCUT2D eigenvalue weighted by atomic mass is 9.89. The average molecular weight is 228 g/mol. The number of carbonyl (C=O) groups excluding carboxylic acids is 1. The van der Waals surface area contributed by atoms with Gasteiger partial charge in [-0.25, -0.2) is 0 Å². The van der Waals surface area contributed by atoms with Crippen LogP contribution >= 0.6 is 0 Å². The molecule has 1 heterocycles. The first-order valence-electron chi connectivity index (χ1n) is 6.00. The van der Waals surface area contributed by atoms with E-state index in [9.17, 15) is 4.79 Å². The van der Waals surface area contributed by atoms with Gasteiger partial charge in [0.15, 0.2) is 0 Å². The Bertz CT molecular complexity index is 225. The van der Waals surface area contributed by atoms with Gasteiger partial charge in [-0.1, -0.05) is 13.8 Å². The van der Waals surface area contributed by atoms with Crippen molar-refractivity contribution in [2.45, 2.75) is 26.7 Å². The van der Waals surface area contributed by atoms with Gasteiger partial charge in [-0.3, -0.25) is 4.79 Å². The Labute approximate surface area is 98.1 Å². The molecule has 4 nitrogen and oxygen atoms in total. The van der Waals surface area contributed by atoms with Crippen LogP contribution in [0.25, 0.3) is 0 Å². The van der Waals surface area contributed by atoms with Crippen molar-refractivity contribution >= 4 is 5.91 Å². The summed E-state index contributed by atoms with van der Waals surface area (Å²) in [5.41, 5.74) is 0.115. The molecule has 0 bridgehead atoms. The van der Waals surface area contributed by atoms with Crippen LogP contribution in [-0.4, -0.2) is 39.3 Å². The molecule has 4 heteroatoms. The fraction of sp³-hybridized carbons (Fsp3) is 0.917. The van der Waals surface area contributed by atoms with E-state index in [1.165, 1.54) is 0 Å². The van der Waals surface area contributed by atoms with Crippen molar-refractivity contribution in [2.24, 2.45) is 11.3 Å². The largest absolute Gasteiger partial charge is 0.385 e. The number of rotatable bonds is 7. The monoisotopic (exact) mass is 228 g/mol. The van der Waals surface area contributed by atoms with Crippen molar-refractivity contribution in [1.82, 2.24) is 10.6 Å². The molecule has 16 heavy (non-hydrogen) atoms. The van der Waals surface area contributed by atoms with Crippen molar-refractivity contribution < 1.29 is 9.53 Å². The highest BCUT2D eigenvalue weighted by atomic mass is 16.5. The molecular formula is C12H24N2O2. The molecule has 0 atom stereocenters. The highest BCUT2D eigenvalue weighted by Crippen LogP contribution is 2.19. The van der Waals surface area contributed by atoms with Crippen molar-refractivity contribution in [3.05, 3.63) is 0 Å². The summed E-state index contributed by atoms with van der Waals surface area (Å²) in [6, 6.07) is 0. The van der Waals surface area contributed by atoms with Gasteiger partial charge in [-0.2, -0.15) is 0 Å². The number of nitrogens with one attached hydrogen (secondary N) is 2. The molecule has 1 fully saturated rings. The Morgan fingerprint density at radius 2 is 2.19 bits per heavy atom. The predicted octanol–water partition coefficient (Wildman–Crippen LogP) is 0.775. The third-order valence-electron chi connectivity index (χ3n) is 3.09. The molecule has 94 valence electrons. The van der Waals surface area contributed by atoms with Gasteiger partial charge in [0.2, 0.25) is 5.91 Å². The number of amides is 1. The molecule has 1 aliphatic rings. The van der Waals surface area contributed by atoms with Gasteiger partial charge >= 0.3 is 0 Å². The second kappa shape index (κ2) is 6.21. The van der Waals surface area contributed by atoms with E-state index in [4.69, 9.17) is 4.74 Å². The highest BCUT2D eigenvalue weighted by molar-refractivity contribution is 5.76. The standard InChI is InChI=1S/C12H24N2O2/c1-12(2,4-5-16-3)9-14-11(15)6-10-7-13-8-10/h10,13H,4-9H2,1-3H3,(H,14,15). The van der Waals surface area contributed by atoms with Crippen LogP contribution in [-0.2, 0) is 9.53 Å². The maximum atomic E-state index is 11.6. The Balaban J connectivity index is 2.13. The molecule has 2 N–H and O–H groups in total. The van der Waals surface area contributed by atoms with Gasteiger partial charge in [0.05, 0.1) is 0 Å². The highest BCUT2D eigenvalue weighted by Gasteiger charge is 2.22. The van der Waals surface area contributed by atoms with Crippen LogP contribution in [0.15, 0.2) is 0 Å². The molecule has 0 aliphatic carbocycles. The average Bonchev–Trinajstić information content (AvgIpc) is 2.18. The van der Waals surface area contributed by atoms with Crippen LogP contribution in [0.2, 0.25) is 0 Å². The first kappa shape index (κ1) is 13.5. The van der Waals surface area contributed by atoms with E-state index in [1.54, 1.807) is 7.11 Å². The first-order valence-corrected chi connectivity index (χ1v) is 6.00. The van der Waals surface area contributed by atoms with Gasteiger partial charge in [-0.05, 0) is 30.8 Å². The number of methoxy groups -OCH3 is 1. The first-order chi connectivity index (χ1) is 7.53. The zero-order valence-electron chi connectivity index (χ0n) is 10.6. The Morgan fingerprint density at radius 3 is 2.69 bits per heavy atom. The molecule has 0 aromatic heterocycles. The number of carbonyl (C=O) groups is 1. The summed E-state index contributed by atoms with van der Waals surface area (Å²) in [6.07, 6.45) is 1.63. The van der Waals surface area contributed by atoms with Gasteiger partial charge in [0.25, 0.3) is 0 Å². The van der Waals surface area contributed by atoms with E-state index >= 15 is 0 Å². The van der Waals surface area contributed by atoms with E-state index < -0.39 is 0 Å². The third-order valence-corrected chi connectivity index (χ3v) is 3.09. The van der Waals surface area contributed by atoms with Crippen LogP contribution in [0.4, 0.5) is 0 Å². The molecule has 0 unspecified atom stereocenters. The number of hydrogen-bond donors (Lipinski definition) is 2. The van der Waals surface area contributed by atoms with E-state index in [-0.39, 0.29) is 11.3 Å². The Morgan fingerprint density at radius 1 is 1.50 bits per heavy atom. The zero-order chi connectivity index (χ0) is 12.0. The van der Waals surface area contributed by atoms with Crippen molar-refractivity contribution in [3.63, 3.8) is 0 Å². The summed E-state index contributed by atoms with van der Waals surface area (Å²) in [7, 11) is 1.71. The fourth-order valence-electron chi connectivity index (χ4n) is 1.63. The topological polar surface area (TPSA) is 50.4 Å². The zero-order valence-corrected chi connectivity index (χ0v) is 10.6. The fourth-order valence-corrected chi connectivity index (χ4v) is 1.63. The molecule has 1 amide bonds. The molecule has 1 aliphatic heterocycles. The van der Waals surface area contributed by atoms with Gasteiger partial charge in [-0.15, -0.1) is 0 Å². The molecule has 0 radical (unpaired) electrons. The van der Waals surface area contributed by atoms with E-state index in [2.05, 4.69) is 24.5 Å². The van der Waals surface area contributed by atoms with Crippen LogP contribution in [0.3, 0.4) is 0 Å². The summed E-state index contributed by atoms with van der Waals surface area (Å²) in [5, 5.41) is 6.18. The smallest absolute Gasteiger partial charge is 0.220 e. The lowest BCUT2D eigenvalue weighted by Crippen LogP contribution is -2.45. The maximum Gasteiger partial charge on any atom is 0.220 e. The van der Waals surface area contributed by atoms with E-state index in [0.717, 1.165) is 32.7 Å². The molecule has 0 spiro atoms. The minimum Gasteiger partial charge on any atom is -0.385 e. The lowest BCUT2D eigenvalue weighted by molar-refractivity contribution is -0.122. The maximum absolute atomic E-state index is 11.6. The van der Waals surface area contributed by atoms with Gasteiger partial charge in [0, 0.05) is 26.7 Å². The second-order valence-electron chi connectivity index (χ2n) is 5.41. The van der Waals surface area contributed by atoms with Crippen LogP contribution in [0, 0.1) is 11.3 Å².